The molecule has 9 heteroatoms. The summed E-state index contributed by atoms with van der Waals surface area (Å²) in [7, 11) is -3.76. The molecule has 4 nitrogen and oxygen atoms in total. The van der Waals surface area contributed by atoms with Crippen LogP contribution in [0, 0.1) is 0 Å². The second-order valence-corrected chi connectivity index (χ2v) is 5.69. The SMILES string of the molecule is O=S(=O)(CCl)c1c(Cl)nc(Cl)nc1Cl. The Hall–Kier alpha value is 0.190. The van der Waals surface area contributed by atoms with E-state index in [4.69, 9.17) is 46.4 Å². The van der Waals surface area contributed by atoms with Crippen molar-refractivity contribution in [3.05, 3.63) is 15.6 Å². The van der Waals surface area contributed by atoms with Gasteiger partial charge in [-0.25, -0.2) is 18.4 Å². The summed E-state index contributed by atoms with van der Waals surface area (Å²) in [6, 6.07) is 0. The van der Waals surface area contributed by atoms with E-state index in [1.807, 2.05) is 0 Å². The number of sulfone groups is 1. The first kappa shape index (κ1) is 12.3. The van der Waals surface area contributed by atoms with Crippen molar-refractivity contribution in [1.82, 2.24) is 9.97 Å². The Morgan fingerprint density at radius 2 is 1.50 bits per heavy atom. The van der Waals surface area contributed by atoms with E-state index in [9.17, 15) is 8.42 Å². The lowest BCUT2D eigenvalue weighted by molar-refractivity contribution is 0.599. The molecule has 0 aliphatic carbocycles. The number of aromatic nitrogens is 2. The number of hydrogen-bond donors (Lipinski definition) is 0. The molecule has 0 aliphatic rings. The minimum absolute atomic E-state index is 0.228. The van der Waals surface area contributed by atoms with Gasteiger partial charge in [-0.15, -0.1) is 11.6 Å². The summed E-state index contributed by atoms with van der Waals surface area (Å²) in [5.74, 6) is 0. The lowest BCUT2D eigenvalue weighted by atomic mass is 10.7. The Bertz CT molecular complexity index is 438. The van der Waals surface area contributed by atoms with Gasteiger partial charge in [-0.2, -0.15) is 0 Å². The Labute approximate surface area is 100 Å². The van der Waals surface area contributed by atoms with E-state index >= 15 is 0 Å². The zero-order valence-electron chi connectivity index (χ0n) is 6.34. The van der Waals surface area contributed by atoms with Gasteiger partial charge in [0.2, 0.25) is 5.28 Å². The summed E-state index contributed by atoms with van der Waals surface area (Å²) in [4.78, 5) is 6.49. The second kappa shape index (κ2) is 4.37. The lowest BCUT2D eigenvalue weighted by Gasteiger charge is -2.04. The van der Waals surface area contributed by atoms with Gasteiger partial charge in [0.15, 0.2) is 20.1 Å². The van der Waals surface area contributed by atoms with Crippen molar-refractivity contribution in [2.45, 2.75) is 4.90 Å². The number of alkyl halides is 1. The first-order valence-corrected chi connectivity index (χ1v) is 6.38. The van der Waals surface area contributed by atoms with Gasteiger partial charge in [-0.05, 0) is 11.6 Å². The summed E-state index contributed by atoms with van der Waals surface area (Å²) < 4.78 is 22.7. The molecule has 0 saturated heterocycles. The number of nitrogens with zero attached hydrogens (tertiary/aromatic N) is 2. The van der Waals surface area contributed by atoms with E-state index in [0.29, 0.717) is 0 Å². The maximum absolute atomic E-state index is 11.3. The topological polar surface area (TPSA) is 59.9 Å². The van der Waals surface area contributed by atoms with Crippen molar-refractivity contribution in [1.29, 1.82) is 0 Å². The molecule has 0 N–H and O–H groups in total. The molecule has 0 spiro atoms. The average Bonchev–Trinajstić information content (AvgIpc) is 2.01. The summed E-state index contributed by atoms with van der Waals surface area (Å²) in [5.41, 5.74) is 0. The third-order valence-electron chi connectivity index (χ3n) is 1.21. The van der Waals surface area contributed by atoms with Crippen LogP contribution < -0.4 is 0 Å². The number of hydrogen-bond acceptors (Lipinski definition) is 4. The Balaban J connectivity index is 3.51. The standard InChI is InChI=1S/C5H2Cl4N2O2S/c6-1-14(12,13)2-3(7)10-5(9)11-4(2)8/h1H2. The van der Waals surface area contributed by atoms with Gasteiger partial charge >= 0.3 is 0 Å². The molecular weight excluding hydrogens is 294 g/mol. The maximum atomic E-state index is 11.3. The molecule has 1 rings (SSSR count). The molecule has 0 radical (unpaired) electrons. The molecule has 0 saturated carbocycles. The van der Waals surface area contributed by atoms with E-state index in [2.05, 4.69) is 9.97 Å². The van der Waals surface area contributed by atoms with Crippen molar-refractivity contribution < 1.29 is 8.42 Å². The molecule has 78 valence electrons. The van der Waals surface area contributed by atoms with Crippen molar-refractivity contribution >= 4 is 56.2 Å². The minimum atomic E-state index is -3.76. The smallest absolute Gasteiger partial charge is 0.222 e. The summed E-state index contributed by atoms with van der Waals surface area (Å²) >= 11 is 21.7. The van der Waals surface area contributed by atoms with Crippen LogP contribution in [0.4, 0.5) is 0 Å². The Morgan fingerprint density at radius 3 is 1.86 bits per heavy atom. The fraction of sp³-hybridized carbons (Fsp3) is 0.200. The van der Waals surface area contributed by atoms with Gasteiger partial charge in [0, 0.05) is 0 Å². The van der Waals surface area contributed by atoms with Crippen molar-refractivity contribution in [2.75, 3.05) is 5.21 Å². The average molecular weight is 296 g/mol. The largest absolute Gasteiger partial charge is 0.225 e. The van der Waals surface area contributed by atoms with Gasteiger partial charge in [0.05, 0.1) is 0 Å². The molecule has 14 heavy (non-hydrogen) atoms. The molecule has 1 aromatic rings. The molecule has 0 amide bonds. The summed E-state index contributed by atoms with van der Waals surface area (Å²) in [6.07, 6.45) is 0. The van der Waals surface area contributed by atoms with Crippen molar-refractivity contribution in [3.63, 3.8) is 0 Å². The number of rotatable bonds is 2. The van der Waals surface area contributed by atoms with Crippen LogP contribution in [0.25, 0.3) is 0 Å². The zero-order chi connectivity index (χ0) is 10.9. The van der Waals surface area contributed by atoms with Crippen LogP contribution in [0.3, 0.4) is 0 Å². The molecule has 1 heterocycles. The van der Waals surface area contributed by atoms with Crippen LogP contribution in [0.1, 0.15) is 0 Å². The quantitative estimate of drug-likeness (QED) is 0.477. The highest BCUT2D eigenvalue weighted by atomic mass is 35.5. The molecule has 0 aliphatic heterocycles. The van der Waals surface area contributed by atoms with Crippen LogP contribution in [0.5, 0.6) is 0 Å². The molecule has 0 bridgehead atoms. The first-order valence-electron chi connectivity index (χ1n) is 3.05. The predicted molar refractivity (Wildman–Crippen MR) is 55.0 cm³/mol. The maximum Gasteiger partial charge on any atom is 0.225 e. The monoisotopic (exact) mass is 294 g/mol. The first-order chi connectivity index (χ1) is 6.38. The predicted octanol–water partition coefficient (Wildman–Crippen LogP) is 2.41. The van der Waals surface area contributed by atoms with E-state index < -0.39 is 19.9 Å². The Morgan fingerprint density at radius 1 is 1.07 bits per heavy atom. The summed E-state index contributed by atoms with van der Waals surface area (Å²) in [6.45, 7) is 0. The second-order valence-electron chi connectivity index (χ2n) is 2.13. The van der Waals surface area contributed by atoms with Crippen LogP contribution in [-0.4, -0.2) is 23.6 Å². The Kier molecular flexibility index (Phi) is 3.82. The van der Waals surface area contributed by atoms with Crippen molar-refractivity contribution in [2.24, 2.45) is 0 Å². The van der Waals surface area contributed by atoms with Gasteiger partial charge < -0.3 is 0 Å². The van der Waals surface area contributed by atoms with E-state index in [1.165, 1.54) is 0 Å². The highest BCUT2D eigenvalue weighted by Gasteiger charge is 2.23. The van der Waals surface area contributed by atoms with E-state index in [1.54, 1.807) is 0 Å². The fourth-order valence-corrected chi connectivity index (χ4v) is 3.07. The van der Waals surface area contributed by atoms with Gasteiger partial charge in [-0.1, -0.05) is 23.2 Å². The molecule has 0 atom stereocenters. The van der Waals surface area contributed by atoms with Crippen LogP contribution in [0.2, 0.25) is 15.6 Å². The summed E-state index contributed by atoms with van der Waals surface area (Å²) in [5, 5.41) is -1.56. The van der Waals surface area contributed by atoms with Crippen LogP contribution >= 0.6 is 46.4 Å². The zero-order valence-corrected chi connectivity index (χ0v) is 10.2. The van der Waals surface area contributed by atoms with E-state index in [0.717, 1.165) is 0 Å². The third kappa shape index (κ3) is 2.41. The molecular formula is C5H2Cl4N2O2S. The van der Waals surface area contributed by atoms with Crippen LogP contribution in [-0.2, 0) is 9.84 Å². The van der Waals surface area contributed by atoms with Gasteiger partial charge in [-0.3, -0.25) is 0 Å². The van der Waals surface area contributed by atoms with Crippen LogP contribution in [0.15, 0.2) is 4.90 Å². The normalized spacial score (nSPS) is 11.7. The highest BCUT2D eigenvalue weighted by molar-refractivity contribution is 7.92. The lowest BCUT2D eigenvalue weighted by Crippen LogP contribution is -2.06. The van der Waals surface area contributed by atoms with Gasteiger partial charge in [0.25, 0.3) is 0 Å². The molecule has 0 aromatic carbocycles. The van der Waals surface area contributed by atoms with Gasteiger partial charge in [0.1, 0.15) is 10.1 Å². The fourth-order valence-electron chi connectivity index (χ4n) is 0.685. The third-order valence-corrected chi connectivity index (χ3v) is 4.31. The molecule has 1 aromatic heterocycles. The van der Waals surface area contributed by atoms with Crippen molar-refractivity contribution in [3.8, 4) is 0 Å². The molecule has 0 fully saturated rings. The van der Waals surface area contributed by atoms with E-state index in [-0.39, 0.29) is 15.6 Å². The molecule has 0 unspecified atom stereocenters. The number of halogens is 4. The highest BCUT2D eigenvalue weighted by Crippen LogP contribution is 2.28. The minimum Gasteiger partial charge on any atom is -0.222 e.